The van der Waals surface area contributed by atoms with Crippen LogP contribution in [0.4, 0.5) is 0 Å². The molecule has 7 heteroatoms. The van der Waals surface area contributed by atoms with Gasteiger partial charge in [0.05, 0.1) is 29.0 Å². The Morgan fingerprint density at radius 2 is 1.71 bits per heavy atom. The highest BCUT2D eigenvalue weighted by atomic mass is 32.1. The van der Waals surface area contributed by atoms with E-state index in [-0.39, 0.29) is 11.9 Å². The van der Waals surface area contributed by atoms with Gasteiger partial charge in [0.1, 0.15) is 5.75 Å². The van der Waals surface area contributed by atoms with Gasteiger partial charge in [0.2, 0.25) is 0 Å². The lowest BCUT2D eigenvalue weighted by atomic mass is 10.2. The van der Waals surface area contributed by atoms with E-state index in [1.54, 1.807) is 43.3 Å². The molecule has 0 saturated carbocycles. The molecule has 1 aromatic heterocycles. The number of benzene rings is 2. The monoisotopic (exact) mass is 398 g/mol. The first-order chi connectivity index (χ1) is 13.6. The summed E-state index contributed by atoms with van der Waals surface area (Å²) in [5, 5.41) is 0. The Balaban J connectivity index is 1.98. The molecule has 0 N–H and O–H groups in total. The number of hydrogen-bond acceptors (Lipinski definition) is 5. The molecule has 6 nitrogen and oxygen atoms in total. The summed E-state index contributed by atoms with van der Waals surface area (Å²) in [5.41, 5.74) is 1.91. The summed E-state index contributed by atoms with van der Waals surface area (Å²) >= 11 is 1.38. The third-order valence-corrected chi connectivity index (χ3v) is 5.16. The number of rotatable bonds is 6. The average Bonchev–Trinajstić information content (AvgIpc) is 3.05. The van der Waals surface area contributed by atoms with Crippen molar-refractivity contribution in [3.05, 3.63) is 58.4 Å². The number of carbonyl (C=O) groups excluding carboxylic acids is 2. The molecular formula is C21H22N2O4S. The SMILES string of the molecule is CCOC(=O)c1ccc2c(c1)sc(=NC(=O)c1ccc(OCC)cc1)n2CC. The second-order valence-electron chi connectivity index (χ2n) is 5.91. The van der Waals surface area contributed by atoms with Crippen molar-refractivity contribution < 1.29 is 19.1 Å². The van der Waals surface area contributed by atoms with E-state index >= 15 is 0 Å². The van der Waals surface area contributed by atoms with Crippen LogP contribution in [0, 0.1) is 0 Å². The predicted molar refractivity (Wildman–Crippen MR) is 109 cm³/mol. The van der Waals surface area contributed by atoms with Crippen LogP contribution in [0.1, 0.15) is 41.5 Å². The second-order valence-corrected chi connectivity index (χ2v) is 6.92. The molecule has 28 heavy (non-hydrogen) atoms. The van der Waals surface area contributed by atoms with Crippen LogP contribution in [-0.4, -0.2) is 29.7 Å². The fourth-order valence-corrected chi connectivity index (χ4v) is 3.95. The molecule has 0 atom stereocenters. The van der Waals surface area contributed by atoms with Crippen molar-refractivity contribution >= 4 is 33.4 Å². The van der Waals surface area contributed by atoms with E-state index in [1.807, 2.05) is 24.5 Å². The highest BCUT2D eigenvalue weighted by Crippen LogP contribution is 2.20. The van der Waals surface area contributed by atoms with Gasteiger partial charge in [0.25, 0.3) is 5.91 Å². The van der Waals surface area contributed by atoms with Gasteiger partial charge in [-0.05, 0) is 63.2 Å². The van der Waals surface area contributed by atoms with E-state index in [2.05, 4.69) is 4.99 Å². The number of esters is 1. The molecular weight excluding hydrogens is 376 g/mol. The standard InChI is InChI=1S/C21H22N2O4S/c1-4-23-17-12-9-15(20(25)27-6-3)13-18(17)28-21(23)22-19(24)14-7-10-16(11-8-14)26-5-2/h7-13H,4-6H2,1-3H3. The normalized spacial score (nSPS) is 11.6. The van der Waals surface area contributed by atoms with Crippen LogP contribution in [0.2, 0.25) is 0 Å². The number of hydrogen-bond donors (Lipinski definition) is 0. The van der Waals surface area contributed by atoms with Crippen molar-refractivity contribution in [1.82, 2.24) is 4.57 Å². The molecule has 0 aliphatic heterocycles. The first-order valence-electron chi connectivity index (χ1n) is 9.19. The average molecular weight is 398 g/mol. The van der Waals surface area contributed by atoms with Gasteiger partial charge in [-0.2, -0.15) is 4.99 Å². The maximum Gasteiger partial charge on any atom is 0.338 e. The largest absolute Gasteiger partial charge is 0.494 e. The number of carbonyl (C=O) groups is 2. The molecule has 2 aromatic carbocycles. The van der Waals surface area contributed by atoms with Gasteiger partial charge in [-0.3, -0.25) is 4.79 Å². The zero-order valence-electron chi connectivity index (χ0n) is 16.1. The summed E-state index contributed by atoms with van der Waals surface area (Å²) in [6.45, 7) is 7.24. The van der Waals surface area contributed by atoms with Crippen LogP contribution >= 0.6 is 11.3 Å². The van der Waals surface area contributed by atoms with Crippen LogP contribution < -0.4 is 9.54 Å². The predicted octanol–water partition coefficient (Wildman–Crippen LogP) is 4.04. The molecule has 0 fully saturated rings. The zero-order valence-corrected chi connectivity index (χ0v) is 16.9. The smallest absolute Gasteiger partial charge is 0.338 e. The van der Waals surface area contributed by atoms with E-state index in [0.29, 0.717) is 35.7 Å². The van der Waals surface area contributed by atoms with Crippen LogP contribution in [0.3, 0.4) is 0 Å². The third-order valence-electron chi connectivity index (χ3n) is 4.12. The number of aryl methyl sites for hydroxylation is 1. The van der Waals surface area contributed by atoms with Crippen LogP contribution in [0.25, 0.3) is 10.2 Å². The highest BCUT2D eigenvalue weighted by Gasteiger charge is 2.12. The van der Waals surface area contributed by atoms with Gasteiger partial charge in [0, 0.05) is 12.1 Å². The molecule has 0 aliphatic rings. The molecule has 0 saturated heterocycles. The van der Waals surface area contributed by atoms with Crippen molar-refractivity contribution in [2.45, 2.75) is 27.3 Å². The summed E-state index contributed by atoms with van der Waals surface area (Å²) in [4.78, 5) is 29.5. The fourth-order valence-electron chi connectivity index (χ4n) is 2.82. The quantitative estimate of drug-likeness (QED) is 0.588. The lowest BCUT2D eigenvalue weighted by molar-refractivity contribution is 0.0526. The zero-order chi connectivity index (χ0) is 20.1. The van der Waals surface area contributed by atoms with E-state index in [1.165, 1.54) is 11.3 Å². The molecule has 0 spiro atoms. The fraction of sp³-hybridized carbons (Fsp3) is 0.286. The topological polar surface area (TPSA) is 69.9 Å². The maximum atomic E-state index is 12.6. The van der Waals surface area contributed by atoms with Crippen LogP contribution in [0.15, 0.2) is 47.5 Å². The third kappa shape index (κ3) is 4.14. The number of aromatic nitrogens is 1. The van der Waals surface area contributed by atoms with E-state index in [0.717, 1.165) is 16.0 Å². The van der Waals surface area contributed by atoms with Crippen molar-refractivity contribution in [1.29, 1.82) is 0 Å². The number of amides is 1. The molecule has 1 heterocycles. The van der Waals surface area contributed by atoms with Crippen LogP contribution in [0.5, 0.6) is 5.75 Å². The minimum Gasteiger partial charge on any atom is -0.494 e. The minimum atomic E-state index is -0.357. The summed E-state index contributed by atoms with van der Waals surface area (Å²) in [7, 11) is 0. The van der Waals surface area contributed by atoms with Gasteiger partial charge in [-0.25, -0.2) is 4.79 Å². The second kappa shape index (κ2) is 8.84. The van der Waals surface area contributed by atoms with Gasteiger partial charge < -0.3 is 14.0 Å². The van der Waals surface area contributed by atoms with E-state index < -0.39 is 0 Å². The Morgan fingerprint density at radius 1 is 1.00 bits per heavy atom. The molecule has 3 rings (SSSR count). The van der Waals surface area contributed by atoms with Gasteiger partial charge in [-0.15, -0.1) is 0 Å². The molecule has 0 unspecified atom stereocenters. The number of thiazole rings is 1. The summed E-state index contributed by atoms with van der Waals surface area (Å²) < 4.78 is 13.3. The Morgan fingerprint density at radius 3 is 2.36 bits per heavy atom. The molecule has 0 bridgehead atoms. The summed E-state index contributed by atoms with van der Waals surface area (Å²) in [6.07, 6.45) is 0. The molecule has 0 aliphatic carbocycles. The van der Waals surface area contributed by atoms with E-state index in [4.69, 9.17) is 9.47 Å². The number of nitrogens with zero attached hydrogens (tertiary/aromatic N) is 2. The van der Waals surface area contributed by atoms with Crippen LogP contribution in [-0.2, 0) is 11.3 Å². The molecule has 1 amide bonds. The van der Waals surface area contributed by atoms with Gasteiger partial charge in [-0.1, -0.05) is 11.3 Å². The Labute approximate surface area is 167 Å². The lowest BCUT2D eigenvalue weighted by Gasteiger charge is -2.03. The minimum absolute atomic E-state index is 0.317. The highest BCUT2D eigenvalue weighted by molar-refractivity contribution is 7.16. The summed E-state index contributed by atoms with van der Waals surface area (Å²) in [5.74, 6) is 0.0447. The number of fused-ring (bicyclic) bond motifs is 1. The first-order valence-corrected chi connectivity index (χ1v) is 10.0. The van der Waals surface area contributed by atoms with E-state index in [9.17, 15) is 9.59 Å². The lowest BCUT2D eigenvalue weighted by Crippen LogP contribution is -2.15. The summed E-state index contributed by atoms with van der Waals surface area (Å²) in [6, 6.07) is 12.3. The Bertz CT molecular complexity index is 1060. The number of ether oxygens (including phenoxy) is 2. The Hall–Kier alpha value is -2.93. The first kappa shape index (κ1) is 19.8. The van der Waals surface area contributed by atoms with Gasteiger partial charge in [0.15, 0.2) is 4.80 Å². The van der Waals surface area contributed by atoms with Crippen molar-refractivity contribution in [2.75, 3.05) is 13.2 Å². The Kier molecular flexibility index (Phi) is 6.26. The van der Waals surface area contributed by atoms with Crippen molar-refractivity contribution in [2.24, 2.45) is 4.99 Å². The van der Waals surface area contributed by atoms with Crippen molar-refractivity contribution in [3.8, 4) is 5.75 Å². The molecule has 0 radical (unpaired) electrons. The molecule has 146 valence electrons. The van der Waals surface area contributed by atoms with Crippen molar-refractivity contribution in [3.63, 3.8) is 0 Å². The maximum absolute atomic E-state index is 12.6. The van der Waals surface area contributed by atoms with Gasteiger partial charge >= 0.3 is 5.97 Å². The molecule has 3 aromatic rings.